The van der Waals surface area contributed by atoms with Crippen LogP contribution in [0.3, 0.4) is 0 Å². The Morgan fingerprint density at radius 3 is 2.45 bits per heavy atom. The van der Waals surface area contributed by atoms with Gasteiger partial charge in [-0.25, -0.2) is 4.79 Å². The van der Waals surface area contributed by atoms with Crippen LogP contribution in [-0.2, 0) is 6.42 Å². The molecule has 1 N–H and O–H groups in total. The normalized spacial score (nSPS) is 17.9. The van der Waals surface area contributed by atoms with Gasteiger partial charge >= 0.3 is 6.03 Å². The quantitative estimate of drug-likeness (QED) is 0.534. The summed E-state index contributed by atoms with van der Waals surface area (Å²) < 4.78 is 1.01. The Morgan fingerprint density at radius 2 is 1.76 bits per heavy atom. The monoisotopic (exact) mass is 445 g/mol. The third-order valence-electron chi connectivity index (χ3n) is 5.30. The Hall–Kier alpha value is -3.10. The summed E-state index contributed by atoms with van der Waals surface area (Å²) in [4.78, 5) is 15.3. The van der Waals surface area contributed by atoms with Gasteiger partial charge in [-0.15, -0.1) is 0 Å². The predicted molar refractivity (Wildman–Crippen MR) is 118 cm³/mol. The average molecular weight is 446 g/mol. The highest BCUT2D eigenvalue weighted by Gasteiger charge is 2.36. The first-order chi connectivity index (χ1) is 14.1. The molecule has 3 aromatic rings. The Bertz CT molecular complexity index is 1070. The number of halogens is 1. The standard InChI is InChI=1S/C24H20BrN3O/c1-16-14-19-4-2-3-5-22(19)23(18-8-10-20(25)11-9-18)28(16)24(29)27-21-12-6-17(15-26)7-13-21/h2-13,16,23H,14H2,1H3,(H,27,29)/t16-,23+/m0/s1. The number of carbonyl (C=O) groups excluding carboxylic acids is 1. The van der Waals surface area contributed by atoms with Crippen molar-refractivity contribution < 1.29 is 4.79 Å². The number of urea groups is 1. The van der Waals surface area contributed by atoms with E-state index in [2.05, 4.69) is 64.6 Å². The van der Waals surface area contributed by atoms with E-state index in [1.54, 1.807) is 24.3 Å². The van der Waals surface area contributed by atoms with Gasteiger partial charge in [-0.05, 0) is 66.4 Å². The zero-order chi connectivity index (χ0) is 20.4. The van der Waals surface area contributed by atoms with Crippen LogP contribution in [-0.4, -0.2) is 17.0 Å². The fourth-order valence-corrected chi connectivity index (χ4v) is 4.19. The highest BCUT2D eigenvalue weighted by Crippen LogP contribution is 2.38. The van der Waals surface area contributed by atoms with Crippen LogP contribution in [0.5, 0.6) is 0 Å². The van der Waals surface area contributed by atoms with E-state index in [1.807, 2.05) is 23.1 Å². The zero-order valence-corrected chi connectivity index (χ0v) is 17.6. The van der Waals surface area contributed by atoms with Gasteiger partial charge in [0.1, 0.15) is 0 Å². The minimum absolute atomic E-state index is 0.0388. The number of carbonyl (C=O) groups is 1. The van der Waals surface area contributed by atoms with Crippen LogP contribution in [0, 0.1) is 11.3 Å². The number of nitrogens with zero attached hydrogens (tertiary/aromatic N) is 2. The molecule has 5 heteroatoms. The van der Waals surface area contributed by atoms with E-state index in [1.165, 1.54) is 5.56 Å². The van der Waals surface area contributed by atoms with Crippen LogP contribution in [0.4, 0.5) is 10.5 Å². The first kappa shape index (κ1) is 19.2. The second-order valence-corrected chi connectivity index (χ2v) is 8.15. The molecule has 0 unspecified atom stereocenters. The fraction of sp³-hybridized carbons (Fsp3) is 0.167. The number of hydrogen-bond acceptors (Lipinski definition) is 2. The van der Waals surface area contributed by atoms with Crippen molar-refractivity contribution in [2.75, 3.05) is 5.32 Å². The molecule has 29 heavy (non-hydrogen) atoms. The average Bonchev–Trinajstić information content (AvgIpc) is 2.74. The molecule has 3 aromatic carbocycles. The molecule has 0 aliphatic carbocycles. The maximum absolute atomic E-state index is 13.3. The predicted octanol–water partition coefficient (Wildman–Crippen LogP) is 5.89. The first-order valence-electron chi connectivity index (χ1n) is 9.49. The summed E-state index contributed by atoms with van der Waals surface area (Å²) in [5, 5.41) is 12.0. The second-order valence-electron chi connectivity index (χ2n) is 7.23. The summed E-state index contributed by atoms with van der Waals surface area (Å²) in [6, 6.07) is 25.2. The van der Waals surface area contributed by atoms with Crippen LogP contribution in [0.1, 0.15) is 35.2 Å². The van der Waals surface area contributed by atoms with Crippen LogP contribution < -0.4 is 5.32 Å². The highest BCUT2D eigenvalue weighted by atomic mass is 79.9. The highest BCUT2D eigenvalue weighted by molar-refractivity contribution is 9.10. The number of hydrogen-bond donors (Lipinski definition) is 1. The van der Waals surface area contributed by atoms with Crippen LogP contribution >= 0.6 is 15.9 Å². The van der Waals surface area contributed by atoms with Gasteiger partial charge in [0.05, 0.1) is 17.7 Å². The molecule has 2 amide bonds. The van der Waals surface area contributed by atoms with Crippen molar-refractivity contribution in [2.24, 2.45) is 0 Å². The molecule has 0 radical (unpaired) electrons. The fourth-order valence-electron chi connectivity index (χ4n) is 3.93. The lowest BCUT2D eigenvalue weighted by molar-refractivity contribution is 0.165. The molecule has 0 aromatic heterocycles. The molecule has 0 fully saturated rings. The molecule has 0 saturated carbocycles. The number of nitriles is 1. The van der Waals surface area contributed by atoms with Crippen molar-refractivity contribution >= 4 is 27.6 Å². The lowest BCUT2D eigenvalue weighted by Gasteiger charge is -2.42. The van der Waals surface area contributed by atoms with E-state index in [0.717, 1.165) is 22.0 Å². The van der Waals surface area contributed by atoms with Gasteiger partial charge in [0, 0.05) is 16.2 Å². The third kappa shape index (κ3) is 3.90. The number of nitrogens with one attached hydrogen (secondary N) is 1. The Morgan fingerprint density at radius 1 is 1.07 bits per heavy atom. The number of anilines is 1. The Kier molecular flexibility index (Phi) is 5.37. The lowest BCUT2D eigenvalue weighted by atomic mass is 9.85. The number of rotatable bonds is 2. The second kappa shape index (κ2) is 8.10. The molecule has 4 nitrogen and oxygen atoms in total. The molecule has 2 atom stereocenters. The van der Waals surface area contributed by atoms with E-state index < -0.39 is 0 Å². The number of amides is 2. The van der Waals surface area contributed by atoms with E-state index in [-0.39, 0.29) is 18.1 Å². The summed E-state index contributed by atoms with van der Waals surface area (Å²) in [6.07, 6.45) is 0.810. The van der Waals surface area contributed by atoms with E-state index >= 15 is 0 Å². The smallest absolute Gasteiger partial charge is 0.310 e. The molecule has 144 valence electrons. The topological polar surface area (TPSA) is 56.1 Å². The van der Waals surface area contributed by atoms with Gasteiger partial charge < -0.3 is 10.2 Å². The minimum atomic E-state index is -0.165. The molecule has 1 aliphatic heterocycles. The summed E-state index contributed by atoms with van der Waals surface area (Å²) >= 11 is 3.50. The summed E-state index contributed by atoms with van der Waals surface area (Å²) in [5.41, 5.74) is 4.74. The van der Waals surface area contributed by atoms with Crippen molar-refractivity contribution in [3.05, 3.63) is 99.5 Å². The van der Waals surface area contributed by atoms with E-state index in [4.69, 9.17) is 5.26 Å². The van der Waals surface area contributed by atoms with Crippen molar-refractivity contribution in [2.45, 2.75) is 25.4 Å². The summed E-state index contributed by atoms with van der Waals surface area (Å²) in [7, 11) is 0. The van der Waals surface area contributed by atoms with Crippen LogP contribution in [0.15, 0.2) is 77.3 Å². The van der Waals surface area contributed by atoms with E-state index in [9.17, 15) is 4.79 Å². The minimum Gasteiger partial charge on any atom is -0.310 e. The van der Waals surface area contributed by atoms with Gasteiger partial charge in [0.2, 0.25) is 0 Å². The molecular formula is C24H20BrN3O. The van der Waals surface area contributed by atoms with Gasteiger partial charge in [-0.2, -0.15) is 5.26 Å². The summed E-state index contributed by atoms with van der Waals surface area (Å²) in [5.74, 6) is 0. The van der Waals surface area contributed by atoms with Gasteiger partial charge in [0.25, 0.3) is 0 Å². The molecule has 0 saturated heterocycles. The maximum atomic E-state index is 13.3. The van der Waals surface area contributed by atoms with E-state index in [0.29, 0.717) is 11.3 Å². The lowest BCUT2D eigenvalue weighted by Crippen LogP contribution is -2.48. The Balaban J connectivity index is 1.71. The largest absolute Gasteiger partial charge is 0.322 e. The first-order valence-corrected chi connectivity index (χ1v) is 10.3. The number of benzene rings is 3. The van der Waals surface area contributed by atoms with Crippen molar-refractivity contribution in [3.63, 3.8) is 0 Å². The third-order valence-corrected chi connectivity index (χ3v) is 5.83. The van der Waals surface area contributed by atoms with Crippen molar-refractivity contribution in [1.82, 2.24) is 4.90 Å². The maximum Gasteiger partial charge on any atom is 0.322 e. The molecule has 0 spiro atoms. The van der Waals surface area contributed by atoms with Gasteiger partial charge in [-0.1, -0.05) is 52.3 Å². The van der Waals surface area contributed by atoms with Gasteiger partial charge in [-0.3, -0.25) is 0 Å². The summed E-state index contributed by atoms with van der Waals surface area (Å²) in [6.45, 7) is 2.08. The Labute approximate surface area is 178 Å². The van der Waals surface area contributed by atoms with Crippen molar-refractivity contribution in [3.8, 4) is 6.07 Å². The molecule has 1 heterocycles. The van der Waals surface area contributed by atoms with Crippen molar-refractivity contribution in [1.29, 1.82) is 5.26 Å². The SMILES string of the molecule is C[C@H]1Cc2ccccc2[C@@H](c2ccc(Br)cc2)N1C(=O)Nc1ccc(C#N)cc1. The van der Waals surface area contributed by atoms with Crippen LogP contribution in [0.25, 0.3) is 0 Å². The zero-order valence-electron chi connectivity index (χ0n) is 16.0. The molecule has 0 bridgehead atoms. The molecule has 4 rings (SSSR count). The molecule has 1 aliphatic rings. The van der Waals surface area contributed by atoms with Crippen LogP contribution in [0.2, 0.25) is 0 Å². The number of fused-ring (bicyclic) bond motifs is 1. The molecular weight excluding hydrogens is 426 g/mol. The van der Waals surface area contributed by atoms with Gasteiger partial charge in [0.15, 0.2) is 0 Å².